The summed E-state index contributed by atoms with van der Waals surface area (Å²) in [4.78, 5) is 12.8. The first-order valence-corrected chi connectivity index (χ1v) is 11.4. The molecule has 0 spiro atoms. The molecule has 0 bridgehead atoms. The fraction of sp³-hybridized carbons (Fsp3) is 0.375. The van der Waals surface area contributed by atoms with Crippen LogP contribution in [0, 0.1) is 0 Å². The number of aliphatic hydroxyl groups is 1. The highest BCUT2D eigenvalue weighted by atomic mass is 32.2. The largest absolute Gasteiger partial charge is 0.455 e. The molecule has 2 aromatic rings. The SMILES string of the molecule is C=C/C=C(\C=C)c1oc2cc(N(CCOCCO)SC)c(C(C)C)cc2c1C(=O)NC. The summed E-state index contributed by atoms with van der Waals surface area (Å²) in [6.07, 6.45) is 7.08. The van der Waals surface area contributed by atoms with E-state index in [-0.39, 0.29) is 18.4 Å². The van der Waals surface area contributed by atoms with Crippen LogP contribution in [-0.4, -0.2) is 50.7 Å². The summed E-state index contributed by atoms with van der Waals surface area (Å²) in [6, 6.07) is 4.02. The molecule has 0 radical (unpaired) electrons. The van der Waals surface area contributed by atoms with E-state index in [2.05, 4.69) is 36.6 Å². The lowest BCUT2D eigenvalue weighted by Gasteiger charge is -2.25. The zero-order valence-electron chi connectivity index (χ0n) is 18.7. The Morgan fingerprint density at radius 2 is 2.10 bits per heavy atom. The van der Waals surface area contributed by atoms with Gasteiger partial charge in [0.05, 0.1) is 37.6 Å². The molecule has 31 heavy (non-hydrogen) atoms. The number of aliphatic hydroxyl groups excluding tert-OH is 1. The zero-order valence-corrected chi connectivity index (χ0v) is 19.6. The van der Waals surface area contributed by atoms with E-state index >= 15 is 0 Å². The van der Waals surface area contributed by atoms with Gasteiger partial charge in [-0.05, 0) is 17.5 Å². The van der Waals surface area contributed by atoms with E-state index in [4.69, 9.17) is 14.3 Å². The van der Waals surface area contributed by atoms with Crippen LogP contribution in [0.4, 0.5) is 5.69 Å². The fourth-order valence-electron chi connectivity index (χ4n) is 3.37. The smallest absolute Gasteiger partial charge is 0.255 e. The second-order valence-electron chi connectivity index (χ2n) is 7.13. The summed E-state index contributed by atoms with van der Waals surface area (Å²) in [5.74, 6) is 0.483. The standard InChI is InChI=1S/C24H32N2O4S/c1-7-9-17(8-2)23-22(24(28)25-5)19-14-18(16(3)4)20(15-21(19)30-23)26(31-6)10-12-29-13-11-27/h7-9,14-16,27H,1-2,10-13H2,3-6H3,(H,25,28)/b17-9+. The highest BCUT2D eigenvalue weighted by molar-refractivity contribution is 7.99. The quantitative estimate of drug-likeness (QED) is 0.279. The van der Waals surface area contributed by atoms with E-state index in [1.165, 1.54) is 0 Å². The molecule has 7 heteroatoms. The minimum atomic E-state index is -0.216. The number of ether oxygens (including phenoxy) is 1. The molecule has 1 amide bonds. The maximum Gasteiger partial charge on any atom is 0.255 e. The number of hydrogen-bond donors (Lipinski definition) is 2. The van der Waals surface area contributed by atoms with Crippen LogP contribution in [0.3, 0.4) is 0 Å². The number of benzene rings is 1. The van der Waals surface area contributed by atoms with Crippen LogP contribution in [0.25, 0.3) is 16.5 Å². The third-order valence-electron chi connectivity index (χ3n) is 4.86. The summed E-state index contributed by atoms with van der Waals surface area (Å²) in [5.41, 5.74) is 3.92. The molecule has 1 heterocycles. The normalized spacial score (nSPS) is 11.7. The van der Waals surface area contributed by atoms with Gasteiger partial charge in [0.15, 0.2) is 0 Å². The summed E-state index contributed by atoms with van der Waals surface area (Å²) < 4.78 is 13.8. The van der Waals surface area contributed by atoms with Gasteiger partial charge in [-0.25, -0.2) is 0 Å². The lowest BCUT2D eigenvalue weighted by Crippen LogP contribution is -2.22. The second-order valence-corrected chi connectivity index (χ2v) is 7.94. The van der Waals surface area contributed by atoms with Crippen molar-refractivity contribution in [3.8, 4) is 0 Å². The molecule has 2 N–H and O–H groups in total. The van der Waals surface area contributed by atoms with Crippen molar-refractivity contribution >= 4 is 40.1 Å². The monoisotopic (exact) mass is 444 g/mol. The lowest BCUT2D eigenvalue weighted by atomic mass is 9.96. The van der Waals surface area contributed by atoms with Crippen LogP contribution >= 0.6 is 11.9 Å². The Morgan fingerprint density at radius 3 is 2.65 bits per heavy atom. The van der Waals surface area contributed by atoms with Crippen LogP contribution in [0.2, 0.25) is 0 Å². The van der Waals surface area contributed by atoms with Gasteiger partial charge in [0.1, 0.15) is 11.3 Å². The first-order chi connectivity index (χ1) is 14.9. The Labute approximate surface area is 188 Å². The van der Waals surface area contributed by atoms with Crippen molar-refractivity contribution in [1.29, 1.82) is 0 Å². The van der Waals surface area contributed by atoms with E-state index in [1.807, 2.05) is 18.4 Å². The molecular formula is C24H32N2O4S. The zero-order chi connectivity index (χ0) is 23.0. The molecule has 0 atom stereocenters. The van der Waals surface area contributed by atoms with Gasteiger partial charge in [-0.1, -0.05) is 57.2 Å². The average Bonchev–Trinajstić information content (AvgIpc) is 3.14. The molecule has 2 rings (SSSR count). The van der Waals surface area contributed by atoms with Gasteiger partial charge >= 0.3 is 0 Å². The Hall–Kier alpha value is -2.48. The predicted octanol–water partition coefficient (Wildman–Crippen LogP) is 4.76. The van der Waals surface area contributed by atoms with Crippen molar-refractivity contribution < 1.29 is 19.1 Å². The molecule has 0 aliphatic rings. The minimum absolute atomic E-state index is 0.00375. The van der Waals surface area contributed by atoms with Gasteiger partial charge < -0.3 is 23.9 Å². The van der Waals surface area contributed by atoms with Gasteiger partial charge in [-0.15, -0.1) is 0 Å². The summed E-state index contributed by atoms with van der Waals surface area (Å²) in [6.45, 7) is 13.3. The number of carbonyl (C=O) groups excluding carboxylic acids is 1. The van der Waals surface area contributed by atoms with Gasteiger partial charge in [0, 0.05) is 30.3 Å². The molecule has 6 nitrogen and oxygen atoms in total. The Morgan fingerprint density at radius 1 is 1.35 bits per heavy atom. The Bertz CT molecular complexity index is 962. The van der Waals surface area contributed by atoms with E-state index in [0.29, 0.717) is 42.2 Å². The van der Waals surface area contributed by atoms with Crippen molar-refractivity contribution in [2.45, 2.75) is 19.8 Å². The number of hydrogen-bond acceptors (Lipinski definition) is 6. The number of allylic oxidation sites excluding steroid dienone is 4. The average molecular weight is 445 g/mol. The van der Waals surface area contributed by atoms with E-state index < -0.39 is 0 Å². The molecule has 1 aromatic carbocycles. The molecule has 168 valence electrons. The van der Waals surface area contributed by atoms with E-state index in [9.17, 15) is 4.79 Å². The molecule has 0 saturated heterocycles. The highest BCUT2D eigenvalue weighted by Crippen LogP contribution is 2.39. The molecule has 0 saturated carbocycles. The number of fused-ring (bicyclic) bond motifs is 1. The Kier molecular flexibility index (Phi) is 9.43. The number of rotatable bonds is 12. The second kappa shape index (κ2) is 11.8. The maximum absolute atomic E-state index is 12.8. The van der Waals surface area contributed by atoms with Gasteiger partial charge in [-0.3, -0.25) is 4.79 Å². The van der Waals surface area contributed by atoms with Gasteiger partial charge in [0.25, 0.3) is 5.91 Å². The molecule has 0 aliphatic carbocycles. The highest BCUT2D eigenvalue weighted by Gasteiger charge is 2.25. The van der Waals surface area contributed by atoms with E-state index in [1.54, 1.807) is 37.2 Å². The van der Waals surface area contributed by atoms with Crippen LogP contribution in [-0.2, 0) is 4.74 Å². The van der Waals surface area contributed by atoms with Crippen LogP contribution in [0.1, 0.15) is 41.4 Å². The van der Waals surface area contributed by atoms with E-state index in [0.717, 1.165) is 16.6 Å². The first kappa shape index (κ1) is 24.8. The number of amides is 1. The molecule has 0 fully saturated rings. The molecule has 0 aliphatic heterocycles. The molecule has 1 aromatic heterocycles. The third-order valence-corrected chi connectivity index (χ3v) is 5.68. The van der Waals surface area contributed by atoms with Crippen molar-refractivity contribution in [2.24, 2.45) is 0 Å². The van der Waals surface area contributed by atoms with Gasteiger partial charge in [-0.2, -0.15) is 0 Å². The summed E-state index contributed by atoms with van der Waals surface area (Å²) in [5, 5.41) is 12.4. The van der Waals surface area contributed by atoms with Crippen molar-refractivity contribution in [2.75, 3.05) is 44.0 Å². The number of nitrogens with one attached hydrogen (secondary N) is 1. The Balaban J connectivity index is 2.69. The van der Waals surface area contributed by atoms with Crippen molar-refractivity contribution in [3.05, 3.63) is 60.4 Å². The van der Waals surface area contributed by atoms with Gasteiger partial charge in [0.2, 0.25) is 0 Å². The van der Waals surface area contributed by atoms with Crippen molar-refractivity contribution in [1.82, 2.24) is 5.32 Å². The lowest BCUT2D eigenvalue weighted by molar-refractivity contribution is 0.0963. The summed E-state index contributed by atoms with van der Waals surface area (Å²) >= 11 is 1.59. The predicted molar refractivity (Wildman–Crippen MR) is 131 cm³/mol. The van der Waals surface area contributed by atoms with Crippen molar-refractivity contribution in [3.63, 3.8) is 0 Å². The third kappa shape index (κ3) is 5.61. The topological polar surface area (TPSA) is 74.9 Å². The van der Waals surface area contributed by atoms with Crippen LogP contribution < -0.4 is 9.62 Å². The molecular weight excluding hydrogens is 412 g/mol. The minimum Gasteiger partial charge on any atom is -0.455 e. The maximum atomic E-state index is 12.8. The van der Waals surface area contributed by atoms with Crippen LogP contribution in [0.5, 0.6) is 0 Å². The number of furan rings is 1. The summed E-state index contributed by atoms with van der Waals surface area (Å²) in [7, 11) is 1.61. The first-order valence-electron chi connectivity index (χ1n) is 10.2. The van der Waals surface area contributed by atoms with Crippen LogP contribution in [0.15, 0.2) is 47.9 Å². The fourth-order valence-corrected chi connectivity index (χ4v) is 3.98. The number of nitrogens with zero attached hydrogens (tertiary/aromatic N) is 1. The molecule has 0 unspecified atom stereocenters. The number of carbonyl (C=O) groups is 1. The number of anilines is 1.